The lowest BCUT2D eigenvalue weighted by atomic mass is 10.0. The lowest BCUT2D eigenvalue weighted by Gasteiger charge is -2.39. The molecule has 1 aliphatic heterocycles. The van der Waals surface area contributed by atoms with Gasteiger partial charge < -0.3 is 14.5 Å². The van der Waals surface area contributed by atoms with E-state index in [1.807, 2.05) is 11.0 Å². The molecule has 0 aromatic carbocycles. The molecule has 0 N–H and O–H groups in total. The molecule has 136 valence electrons. The molecule has 1 saturated carbocycles. The summed E-state index contributed by atoms with van der Waals surface area (Å²) < 4.78 is 5.25. The number of methoxy groups -OCH3 is 1. The predicted molar refractivity (Wildman–Crippen MR) is 95.0 cm³/mol. The number of ether oxygens (including phenoxy) is 1. The zero-order valence-electron chi connectivity index (χ0n) is 14.8. The average Bonchev–Trinajstić information content (AvgIpc) is 3.54. The van der Waals surface area contributed by atoms with Crippen LogP contribution in [0.1, 0.15) is 36.0 Å². The lowest BCUT2D eigenvalue weighted by Crippen LogP contribution is -2.48. The fourth-order valence-electron chi connectivity index (χ4n) is 3.55. The quantitative estimate of drug-likeness (QED) is 0.805. The molecule has 0 unspecified atom stereocenters. The van der Waals surface area contributed by atoms with Crippen LogP contribution in [-0.4, -0.2) is 63.0 Å². The molecule has 0 spiro atoms. The first kappa shape index (κ1) is 16.7. The first-order valence-corrected chi connectivity index (χ1v) is 8.95. The van der Waals surface area contributed by atoms with E-state index in [1.165, 1.54) is 19.2 Å². The minimum atomic E-state index is 0.00530. The van der Waals surface area contributed by atoms with Crippen molar-refractivity contribution in [1.82, 2.24) is 24.8 Å². The molecule has 8 heteroatoms. The summed E-state index contributed by atoms with van der Waals surface area (Å²) in [5.74, 6) is 1.50. The van der Waals surface area contributed by atoms with E-state index in [2.05, 4.69) is 24.8 Å². The molecule has 1 aliphatic carbocycles. The zero-order chi connectivity index (χ0) is 17.9. The summed E-state index contributed by atoms with van der Waals surface area (Å²) in [4.78, 5) is 33.3. The highest BCUT2D eigenvalue weighted by Crippen LogP contribution is 2.36. The third-order valence-electron chi connectivity index (χ3n) is 4.99. The Bertz CT molecular complexity index is 759. The number of rotatable bonds is 5. The molecule has 4 rings (SSSR count). The Morgan fingerprint density at radius 3 is 2.42 bits per heavy atom. The Morgan fingerprint density at radius 2 is 1.77 bits per heavy atom. The van der Waals surface area contributed by atoms with Crippen molar-refractivity contribution in [3.05, 3.63) is 36.7 Å². The number of likely N-dealkylation sites (tertiary alicyclic amines) is 1. The minimum Gasteiger partial charge on any atom is -0.481 e. The Kier molecular flexibility index (Phi) is 4.64. The van der Waals surface area contributed by atoms with Gasteiger partial charge in [0.25, 0.3) is 5.91 Å². The number of amides is 1. The van der Waals surface area contributed by atoms with Gasteiger partial charge in [-0.25, -0.2) is 19.9 Å². The van der Waals surface area contributed by atoms with E-state index in [0.29, 0.717) is 23.5 Å². The predicted octanol–water partition coefficient (Wildman–Crippen LogP) is 1.55. The van der Waals surface area contributed by atoms with Gasteiger partial charge >= 0.3 is 0 Å². The molecule has 3 heterocycles. The molecule has 8 nitrogen and oxygen atoms in total. The summed E-state index contributed by atoms with van der Waals surface area (Å²) in [6.07, 6.45) is 10.4. The van der Waals surface area contributed by atoms with Gasteiger partial charge in [-0.2, -0.15) is 0 Å². The highest BCUT2D eigenvalue weighted by Gasteiger charge is 2.37. The topological polar surface area (TPSA) is 84.3 Å². The highest BCUT2D eigenvalue weighted by molar-refractivity contribution is 5.93. The molecule has 1 saturated heterocycles. The summed E-state index contributed by atoms with van der Waals surface area (Å²) in [7, 11) is 1.62. The molecule has 26 heavy (non-hydrogen) atoms. The third-order valence-corrected chi connectivity index (χ3v) is 4.99. The number of nitrogens with zero attached hydrogens (tertiary/aromatic N) is 6. The molecule has 2 aromatic heterocycles. The van der Waals surface area contributed by atoms with Crippen molar-refractivity contribution in [2.75, 3.05) is 25.1 Å². The lowest BCUT2D eigenvalue weighted by molar-refractivity contribution is 0.0711. The van der Waals surface area contributed by atoms with Crippen molar-refractivity contribution in [2.45, 2.75) is 37.8 Å². The standard InChI is InChI=1S/C18H22N6O2/c1-26-17-8-16(21-12-22-17)24(14-2-3-14)15-4-6-23(7-5-15)18(25)13-9-19-11-20-10-13/h8-12,14-15H,2-7H2,1H3. The number of carbonyl (C=O) groups excluding carboxylic acids is 1. The van der Waals surface area contributed by atoms with E-state index in [1.54, 1.807) is 25.8 Å². The summed E-state index contributed by atoms with van der Waals surface area (Å²) in [6, 6.07) is 2.81. The number of carbonyl (C=O) groups is 1. The monoisotopic (exact) mass is 354 g/mol. The fourth-order valence-corrected chi connectivity index (χ4v) is 3.55. The van der Waals surface area contributed by atoms with Gasteiger partial charge in [-0.05, 0) is 25.7 Å². The summed E-state index contributed by atoms with van der Waals surface area (Å²) >= 11 is 0. The highest BCUT2D eigenvalue weighted by atomic mass is 16.5. The third kappa shape index (κ3) is 3.44. The van der Waals surface area contributed by atoms with Gasteiger partial charge in [0.05, 0.1) is 12.7 Å². The van der Waals surface area contributed by atoms with Gasteiger partial charge in [0.15, 0.2) is 0 Å². The van der Waals surface area contributed by atoms with E-state index in [-0.39, 0.29) is 5.91 Å². The molecule has 2 fully saturated rings. The second-order valence-corrected chi connectivity index (χ2v) is 6.71. The van der Waals surface area contributed by atoms with Gasteiger partial charge in [-0.3, -0.25) is 4.79 Å². The number of piperidine rings is 1. The van der Waals surface area contributed by atoms with Crippen LogP contribution in [-0.2, 0) is 0 Å². The van der Waals surface area contributed by atoms with Crippen molar-refractivity contribution in [2.24, 2.45) is 0 Å². The zero-order valence-corrected chi connectivity index (χ0v) is 14.8. The summed E-state index contributed by atoms with van der Waals surface area (Å²) in [6.45, 7) is 1.45. The van der Waals surface area contributed by atoms with Crippen LogP contribution < -0.4 is 9.64 Å². The Hall–Kier alpha value is -2.77. The number of aromatic nitrogens is 4. The average molecular weight is 354 g/mol. The van der Waals surface area contributed by atoms with Crippen molar-refractivity contribution in [3.8, 4) is 5.88 Å². The molecule has 0 bridgehead atoms. The van der Waals surface area contributed by atoms with Crippen LogP contribution in [0.15, 0.2) is 31.1 Å². The van der Waals surface area contributed by atoms with E-state index < -0.39 is 0 Å². The molecule has 1 amide bonds. The second kappa shape index (κ2) is 7.23. The number of hydrogen-bond donors (Lipinski definition) is 0. The maximum absolute atomic E-state index is 12.6. The Morgan fingerprint density at radius 1 is 1.08 bits per heavy atom. The van der Waals surface area contributed by atoms with Crippen LogP contribution in [0.5, 0.6) is 5.88 Å². The van der Waals surface area contributed by atoms with Crippen LogP contribution in [0.2, 0.25) is 0 Å². The van der Waals surface area contributed by atoms with Crippen molar-refractivity contribution in [3.63, 3.8) is 0 Å². The van der Waals surface area contributed by atoms with Gasteiger partial charge in [0.2, 0.25) is 5.88 Å². The van der Waals surface area contributed by atoms with Crippen LogP contribution in [0.25, 0.3) is 0 Å². The van der Waals surface area contributed by atoms with E-state index in [4.69, 9.17) is 4.74 Å². The summed E-state index contributed by atoms with van der Waals surface area (Å²) in [5.41, 5.74) is 0.547. The van der Waals surface area contributed by atoms with Crippen molar-refractivity contribution < 1.29 is 9.53 Å². The van der Waals surface area contributed by atoms with Crippen molar-refractivity contribution >= 4 is 11.7 Å². The van der Waals surface area contributed by atoms with Crippen LogP contribution in [0.3, 0.4) is 0 Å². The molecule has 0 radical (unpaired) electrons. The molecule has 0 atom stereocenters. The van der Waals surface area contributed by atoms with Crippen molar-refractivity contribution in [1.29, 1.82) is 0 Å². The molecular formula is C18H22N6O2. The molecule has 2 aliphatic rings. The molecular weight excluding hydrogens is 332 g/mol. The van der Waals surface area contributed by atoms with Crippen LogP contribution in [0.4, 0.5) is 5.82 Å². The largest absolute Gasteiger partial charge is 0.481 e. The number of hydrogen-bond acceptors (Lipinski definition) is 7. The maximum atomic E-state index is 12.6. The molecule has 2 aromatic rings. The van der Waals surface area contributed by atoms with Crippen LogP contribution >= 0.6 is 0 Å². The first-order chi connectivity index (χ1) is 12.8. The smallest absolute Gasteiger partial charge is 0.256 e. The normalized spacial score (nSPS) is 17.8. The van der Waals surface area contributed by atoms with Crippen LogP contribution in [0, 0.1) is 0 Å². The van der Waals surface area contributed by atoms with E-state index in [0.717, 1.165) is 31.7 Å². The maximum Gasteiger partial charge on any atom is 0.256 e. The Balaban J connectivity index is 1.45. The Labute approximate surface area is 152 Å². The van der Waals surface area contributed by atoms with E-state index in [9.17, 15) is 4.79 Å². The van der Waals surface area contributed by atoms with Gasteiger partial charge in [0.1, 0.15) is 18.5 Å². The van der Waals surface area contributed by atoms with E-state index >= 15 is 0 Å². The van der Waals surface area contributed by atoms with Gasteiger partial charge in [-0.1, -0.05) is 0 Å². The van der Waals surface area contributed by atoms with Gasteiger partial charge in [0, 0.05) is 43.6 Å². The summed E-state index contributed by atoms with van der Waals surface area (Å²) in [5, 5.41) is 0. The SMILES string of the molecule is COc1cc(N(C2CC2)C2CCN(C(=O)c3cncnc3)CC2)ncn1. The van der Waals surface area contributed by atoms with Gasteiger partial charge in [-0.15, -0.1) is 0 Å². The number of anilines is 1. The first-order valence-electron chi connectivity index (χ1n) is 8.95. The second-order valence-electron chi connectivity index (χ2n) is 6.71. The minimum absolute atomic E-state index is 0.00530. The fraction of sp³-hybridized carbons (Fsp3) is 0.500.